The third-order valence-corrected chi connectivity index (χ3v) is 4.25. The molecule has 0 saturated carbocycles. The molecular weight excluding hydrogens is 302 g/mol. The first-order valence-corrected chi connectivity index (χ1v) is 8.03. The Morgan fingerprint density at radius 3 is 2.12 bits per heavy atom. The number of benzene rings is 2. The maximum Gasteiger partial charge on any atom is 0.201 e. The molecule has 1 atom stereocenters. The fourth-order valence-electron chi connectivity index (χ4n) is 2.82. The first-order chi connectivity index (χ1) is 11.7. The summed E-state index contributed by atoms with van der Waals surface area (Å²) in [7, 11) is 1.84. The molecule has 1 aliphatic rings. The molecule has 0 amide bonds. The standard InChI is InChI=1S/C20H21NO3/c1-21-13-19(18(23)12-17(21)14-22)24-20(15-8-4-2-5-9-15)16-10-6-3-7-11-16/h2-11,13,17,20,22H,12,14H2,1H3. The zero-order valence-corrected chi connectivity index (χ0v) is 13.6. The average molecular weight is 323 g/mol. The lowest BCUT2D eigenvalue weighted by atomic mass is 10.0. The second kappa shape index (κ2) is 7.32. The molecule has 1 unspecified atom stereocenters. The van der Waals surface area contributed by atoms with E-state index in [1.165, 1.54) is 0 Å². The van der Waals surface area contributed by atoms with E-state index < -0.39 is 0 Å². The molecule has 0 aliphatic carbocycles. The molecule has 0 radical (unpaired) electrons. The summed E-state index contributed by atoms with van der Waals surface area (Å²) < 4.78 is 6.13. The lowest BCUT2D eigenvalue weighted by Crippen LogP contribution is -2.38. The van der Waals surface area contributed by atoms with Gasteiger partial charge in [-0.05, 0) is 11.1 Å². The highest BCUT2D eigenvalue weighted by Crippen LogP contribution is 2.30. The Kier molecular flexibility index (Phi) is 4.96. The van der Waals surface area contributed by atoms with Crippen molar-refractivity contribution in [3.63, 3.8) is 0 Å². The van der Waals surface area contributed by atoms with Crippen molar-refractivity contribution in [3.8, 4) is 0 Å². The zero-order chi connectivity index (χ0) is 16.9. The van der Waals surface area contributed by atoms with Crippen LogP contribution in [0.1, 0.15) is 23.7 Å². The van der Waals surface area contributed by atoms with Gasteiger partial charge in [0.25, 0.3) is 0 Å². The first kappa shape index (κ1) is 16.3. The molecule has 1 aliphatic heterocycles. The van der Waals surface area contributed by atoms with Crippen LogP contribution in [0.3, 0.4) is 0 Å². The molecule has 1 heterocycles. The minimum atomic E-state index is -0.346. The molecule has 1 N–H and O–H groups in total. The summed E-state index contributed by atoms with van der Waals surface area (Å²) in [6.07, 6.45) is 1.60. The third-order valence-electron chi connectivity index (χ3n) is 4.25. The highest BCUT2D eigenvalue weighted by Gasteiger charge is 2.28. The Labute approximate surface area is 142 Å². The quantitative estimate of drug-likeness (QED) is 0.919. The number of nitrogens with zero attached hydrogens (tertiary/aromatic N) is 1. The minimum Gasteiger partial charge on any atom is -0.476 e. The van der Waals surface area contributed by atoms with E-state index in [0.29, 0.717) is 5.76 Å². The molecule has 2 aromatic carbocycles. The van der Waals surface area contributed by atoms with Crippen molar-refractivity contribution in [1.82, 2.24) is 4.90 Å². The second-order valence-electron chi connectivity index (χ2n) is 5.94. The van der Waals surface area contributed by atoms with Crippen LogP contribution < -0.4 is 0 Å². The van der Waals surface area contributed by atoms with Crippen molar-refractivity contribution >= 4 is 5.78 Å². The lowest BCUT2D eigenvalue weighted by molar-refractivity contribution is -0.122. The molecule has 0 aromatic heterocycles. The number of rotatable bonds is 5. The molecule has 4 nitrogen and oxygen atoms in total. The molecule has 0 fully saturated rings. The number of Topliss-reactive ketones (excluding diaryl/α,β-unsaturated/α-hetero) is 1. The summed E-state index contributed by atoms with van der Waals surface area (Å²) in [5, 5.41) is 9.34. The normalized spacial score (nSPS) is 17.8. The highest BCUT2D eigenvalue weighted by molar-refractivity contribution is 5.94. The minimum absolute atomic E-state index is 0.0488. The number of ether oxygens (including phenoxy) is 1. The van der Waals surface area contributed by atoms with Gasteiger partial charge >= 0.3 is 0 Å². The van der Waals surface area contributed by atoms with Gasteiger partial charge in [-0.3, -0.25) is 4.79 Å². The van der Waals surface area contributed by atoms with Crippen molar-refractivity contribution in [2.24, 2.45) is 0 Å². The Morgan fingerprint density at radius 1 is 1.08 bits per heavy atom. The van der Waals surface area contributed by atoms with Crippen LogP contribution in [0, 0.1) is 0 Å². The van der Waals surface area contributed by atoms with Gasteiger partial charge in [-0.15, -0.1) is 0 Å². The van der Waals surface area contributed by atoms with Gasteiger partial charge in [0.1, 0.15) is 6.10 Å². The van der Waals surface area contributed by atoms with Crippen LogP contribution in [-0.4, -0.2) is 35.5 Å². The van der Waals surface area contributed by atoms with E-state index >= 15 is 0 Å². The van der Waals surface area contributed by atoms with Crippen LogP contribution >= 0.6 is 0 Å². The number of ketones is 1. The monoisotopic (exact) mass is 323 g/mol. The van der Waals surface area contributed by atoms with Crippen molar-refractivity contribution in [2.45, 2.75) is 18.6 Å². The van der Waals surface area contributed by atoms with Crippen molar-refractivity contribution in [2.75, 3.05) is 13.7 Å². The summed E-state index contributed by atoms with van der Waals surface area (Å²) >= 11 is 0. The van der Waals surface area contributed by atoms with Crippen LogP contribution in [0.25, 0.3) is 0 Å². The Balaban J connectivity index is 1.92. The summed E-state index contributed by atoms with van der Waals surface area (Å²) in [5.74, 6) is 0.254. The predicted molar refractivity (Wildman–Crippen MR) is 92.2 cm³/mol. The van der Waals surface area contributed by atoms with Gasteiger partial charge in [0.15, 0.2) is 5.76 Å². The van der Waals surface area contributed by atoms with Gasteiger partial charge in [-0.25, -0.2) is 0 Å². The van der Waals surface area contributed by atoms with E-state index in [1.54, 1.807) is 6.20 Å². The van der Waals surface area contributed by atoms with Crippen molar-refractivity contribution in [1.29, 1.82) is 0 Å². The summed E-state index contributed by atoms with van der Waals surface area (Å²) in [6.45, 7) is -0.0488. The summed E-state index contributed by atoms with van der Waals surface area (Å²) in [4.78, 5) is 14.2. The number of aliphatic hydroxyl groups is 1. The van der Waals surface area contributed by atoms with E-state index in [2.05, 4.69) is 0 Å². The number of likely N-dealkylation sites (N-methyl/N-ethyl adjacent to an activating group) is 1. The molecule has 0 saturated heterocycles. The molecule has 24 heavy (non-hydrogen) atoms. The number of hydrogen-bond acceptors (Lipinski definition) is 4. The molecule has 4 heteroatoms. The van der Waals surface area contributed by atoms with Gasteiger partial charge < -0.3 is 14.7 Å². The molecule has 3 rings (SSSR count). The number of aliphatic hydroxyl groups excluding tert-OH is 1. The Hall–Kier alpha value is -2.59. The van der Waals surface area contributed by atoms with Crippen LogP contribution in [0.4, 0.5) is 0 Å². The molecule has 2 aromatic rings. The van der Waals surface area contributed by atoms with E-state index in [1.807, 2.05) is 72.6 Å². The number of hydrogen-bond donors (Lipinski definition) is 1. The molecular formula is C20H21NO3. The highest BCUT2D eigenvalue weighted by atomic mass is 16.5. The zero-order valence-electron chi connectivity index (χ0n) is 13.6. The molecule has 0 bridgehead atoms. The average Bonchev–Trinajstić information content (AvgIpc) is 2.63. The van der Waals surface area contributed by atoms with Gasteiger partial charge in [0, 0.05) is 19.7 Å². The van der Waals surface area contributed by atoms with E-state index in [4.69, 9.17) is 4.74 Å². The first-order valence-electron chi connectivity index (χ1n) is 8.03. The number of carbonyl (C=O) groups is 1. The molecule has 0 spiro atoms. The van der Waals surface area contributed by atoms with Crippen molar-refractivity contribution in [3.05, 3.63) is 83.7 Å². The van der Waals surface area contributed by atoms with E-state index in [-0.39, 0.29) is 31.0 Å². The van der Waals surface area contributed by atoms with E-state index in [9.17, 15) is 9.90 Å². The Morgan fingerprint density at radius 2 is 1.62 bits per heavy atom. The van der Waals surface area contributed by atoms with Crippen LogP contribution in [0.15, 0.2) is 72.6 Å². The summed E-state index contributed by atoms with van der Waals surface area (Å²) in [6, 6.07) is 19.5. The second-order valence-corrected chi connectivity index (χ2v) is 5.94. The van der Waals surface area contributed by atoms with Gasteiger partial charge in [-0.1, -0.05) is 60.7 Å². The topological polar surface area (TPSA) is 49.8 Å². The summed E-state index contributed by atoms with van der Waals surface area (Å²) in [5.41, 5.74) is 1.98. The maximum atomic E-state index is 12.4. The SMILES string of the molecule is CN1C=C(OC(c2ccccc2)c2ccccc2)C(=O)CC1CO. The number of carbonyl (C=O) groups excluding carboxylic acids is 1. The van der Waals surface area contributed by atoms with Crippen LogP contribution in [0.2, 0.25) is 0 Å². The fraction of sp³-hybridized carbons (Fsp3) is 0.250. The Bertz CT molecular complexity index is 673. The van der Waals surface area contributed by atoms with E-state index in [0.717, 1.165) is 11.1 Å². The van der Waals surface area contributed by atoms with Gasteiger partial charge in [0.2, 0.25) is 5.78 Å². The smallest absolute Gasteiger partial charge is 0.201 e. The largest absolute Gasteiger partial charge is 0.476 e. The third kappa shape index (κ3) is 3.49. The van der Waals surface area contributed by atoms with Crippen LogP contribution in [0.5, 0.6) is 0 Å². The molecule has 124 valence electrons. The predicted octanol–water partition coefficient (Wildman–Crippen LogP) is 2.90. The lowest BCUT2D eigenvalue weighted by Gasteiger charge is -2.31. The number of allylic oxidation sites excluding steroid dienone is 1. The maximum absolute atomic E-state index is 12.4. The van der Waals surface area contributed by atoms with Crippen LogP contribution in [-0.2, 0) is 9.53 Å². The van der Waals surface area contributed by atoms with Gasteiger partial charge in [-0.2, -0.15) is 0 Å². The van der Waals surface area contributed by atoms with Crippen molar-refractivity contribution < 1.29 is 14.6 Å². The van der Waals surface area contributed by atoms with Gasteiger partial charge in [0.05, 0.1) is 12.6 Å². The fourth-order valence-corrected chi connectivity index (χ4v) is 2.82.